The Balaban J connectivity index is 0.00000162. The summed E-state index contributed by atoms with van der Waals surface area (Å²) in [6, 6.07) is 1.87. The Morgan fingerprint density at radius 2 is 2.28 bits per heavy atom. The van der Waals surface area contributed by atoms with Crippen LogP contribution < -0.4 is 5.73 Å². The molecule has 0 bridgehead atoms. The first-order valence-corrected chi connectivity index (χ1v) is 7.80. The fraction of sp³-hybridized carbons (Fsp3) is 0.545. The number of amides is 1. The summed E-state index contributed by atoms with van der Waals surface area (Å²) in [7, 11) is 0. The first-order chi connectivity index (χ1) is 7.95. The van der Waals surface area contributed by atoms with Gasteiger partial charge in [0.1, 0.15) is 0 Å². The van der Waals surface area contributed by atoms with Gasteiger partial charge in [0.2, 0.25) is 0 Å². The van der Waals surface area contributed by atoms with Crippen LogP contribution in [0.2, 0.25) is 0 Å². The summed E-state index contributed by atoms with van der Waals surface area (Å²) in [6.07, 6.45) is 0.984. The minimum absolute atomic E-state index is 0. The van der Waals surface area contributed by atoms with Gasteiger partial charge in [0.25, 0.3) is 5.91 Å². The van der Waals surface area contributed by atoms with Crippen molar-refractivity contribution in [3.05, 3.63) is 19.2 Å². The van der Waals surface area contributed by atoms with Crippen LogP contribution in [0, 0.1) is 5.41 Å². The van der Waals surface area contributed by atoms with Crippen LogP contribution in [-0.4, -0.2) is 30.4 Å². The maximum atomic E-state index is 12.3. The lowest BCUT2D eigenvalue weighted by atomic mass is 9.90. The number of carbonyl (C=O) groups excluding carboxylic acids is 1. The number of hydrogen-bond donors (Lipinski definition) is 1. The molecule has 0 radical (unpaired) electrons. The SMILES string of the molecule is CC1(CN)CCN(C(=O)c2cc(Br)sc2Br)C1.Cl. The summed E-state index contributed by atoms with van der Waals surface area (Å²) < 4.78 is 1.85. The number of halogens is 3. The van der Waals surface area contributed by atoms with Gasteiger partial charge in [0, 0.05) is 13.1 Å². The number of thiophene rings is 1. The molecule has 1 aromatic heterocycles. The minimum atomic E-state index is 0. The van der Waals surface area contributed by atoms with E-state index >= 15 is 0 Å². The molecule has 1 aromatic rings. The molecule has 1 aliphatic rings. The summed E-state index contributed by atoms with van der Waals surface area (Å²) in [6.45, 7) is 4.32. The lowest BCUT2D eigenvalue weighted by Gasteiger charge is -2.22. The van der Waals surface area contributed by atoms with Crippen molar-refractivity contribution in [3.63, 3.8) is 0 Å². The molecule has 0 aromatic carbocycles. The van der Waals surface area contributed by atoms with Crippen LogP contribution in [-0.2, 0) is 0 Å². The van der Waals surface area contributed by atoms with Gasteiger partial charge in [-0.15, -0.1) is 23.7 Å². The van der Waals surface area contributed by atoms with Gasteiger partial charge in [0.05, 0.1) is 13.1 Å². The molecule has 1 unspecified atom stereocenters. The lowest BCUT2D eigenvalue weighted by molar-refractivity contribution is 0.0776. The smallest absolute Gasteiger partial charge is 0.255 e. The zero-order valence-electron chi connectivity index (χ0n) is 9.91. The minimum Gasteiger partial charge on any atom is -0.338 e. The van der Waals surface area contributed by atoms with Crippen molar-refractivity contribution < 1.29 is 4.79 Å². The van der Waals surface area contributed by atoms with E-state index in [0.29, 0.717) is 6.54 Å². The highest BCUT2D eigenvalue weighted by atomic mass is 79.9. The van der Waals surface area contributed by atoms with Crippen LogP contribution in [0.15, 0.2) is 13.6 Å². The molecule has 2 heterocycles. The van der Waals surface area contributed by atoms with Gasteiger partial charge in [0.15, 0.2) is 0 Å². The van der Waals surface area contributed by atoms with Crippen molar-refractivity contribution in [2.75, 3.05) is 19.6 Å². The standard InChI is InChI=1S/C11H14Br2N2OS.ClH/c1-11(5-14)2-3-15(6-11)10(16)7-4-8(12)17-9(7)13;/h4H,2-3,5-6,14H2,1H3;1H. The van der Waals surface area contributed by atoms with Crippen molar-refractivity contribution in [2.45, 2.75) is 13.3 Å². The van der Waals surface area contributed by atoms with Crippen LogP contribution >= 0.6 is 55.6 Å². The molecule has 7 heteroatoms. The van der Waals surface area contributed by atoms with Gasteiger partial charge >= 0.3 is 0 Å². The molecule has 1 aliphatic heterocycles. The predicted octanol–water partition coefficient (Wildman–Crippen LogP) is 3.51. The van der Waals surface area contributed by atoms with Crippen LogP contribution in [0.25, 0.3) is 0 Å². The van der Waals surface area contributed by atoms with Crippen LogP contribution in [0.4, 0.5) is 0 Å². The van der Waals surface area contributed by atoms with E-state index in [1.807, 2.05) is 11.0 Å². The van der Waals surface area contributed by atoms with Crippen LogP contribution in [0.1, 0.15) is 23.7 Å². The number of nitrogens with zero attached hydrogens (tertiary/aromatic N) is 1. The molecule has 18 heavy (non-hydrogen) atoms. The molecule has 102 valence electrons. The van der Waals surface area contributed by atoms with Crippen molar-refractivity contribution >= 4 is 61.5 Å². The lowest BCUT2D eigenvalue weighted by Crippen LogP contribution is -2.34. The van der Waals surface area contributed by atoms with Crippen molar-refractivity contribution in [1.29, 1.82) is 0 Å². The highest BCUT2D eigenvalue weighted by Gasteiger charge is 2.35. The predicted molar refractivity (Wildman–Crippen MR) is 84.6 cm³/mol. The Kier molecular flexibility index (Phi) is 5.68. The van der Waals surface area contributed by atoms with Crippen molar-refractivity contribution in [2.24, 2.45) is 11.1 Å². The summed E-state index contributed by atoms with van der Waals surface area (Å²) in [4.78, 5) is 14.2. The normalized spacial score (nSPS) is 23.0. The fourth-order valence-corrected chi connectivity index (χ4v) is 4.80. The second kappa shape index (κ2) is 6.22. The van der Waals surface area contributed by atoms with Crippen LogP contribution in [0.3, 0.4) is 0 Å². The number of likely N-dealkylation sites (tertiary alicyclic amines) is 1. The molecule has 2 rings (SSSR count). The fourth-order valence-electron chi connectivity index (χ4n) is 2.02. The van der Waals surface area contributed by atoms with E-state index < -0.39 is 0 Å². The van der Waals surface area contributed by atoms with Crippen molar-refractivity contribution in [1.82, 2.24) is 4.90 Å². The van der Waals surface area contributed by atoms with E-state index in [2.05, 4.69) is 38.8 Å². The van der Waals surface area contributed by atoms with Gasteiger partial charge in [-0.25, -0.2) is 0 Å². The highest BCUT2D eigenvalue weighted by molar-refractivity contribution is 9.12. The highest BCUT2D eigenvalue weighted by Crippen LogP contribution is 2.35. The number of carbonyl (C=O) groups is 1. The molecule has 0 saturated carbocycles. The Bertz CT molecular complexity index is 454. The molecule has 1 amide bonds. The monoisotopic (exact) mass is 416 g/mol. The first kappa shape index (κ1) is 16.4. The van der Waals surface area contributed by atoms with Gasteiger partial charge in [-0.2, -0.15) is 0 Å². The second-order valence-electron chi connectivity index (χ2n) is 4.73. The van der Waals surface area contributed by atoms with E-state index in [4.69, 9.17) is 5.73 Å². The summed E-state index contributed by atoms with van der Waals surface area (Å²) in [5.74, 6) is 0.0935. The Labute approximate surface area is 134 Å². The van der Waals surface area contributed by atoms with E-state index in [1.54, 1.807) is 0 Å². The zero-order chi connectivity index (χ0) is 12.6. The molecule has 2 N–H and O–H groups in total. The van der Waals surface area contributed by atoms with Crippen LogP contribution in [0.5, 0.6) is 0 Å². The number of rotatable bonds is 2. The maximum Gasteiger partial charge on any atom is 0.255 e. The molecule has 1 atom stereocenters. The Morgan fingerprint density at radius 3 is 2.72 bits per heavy atom. The Morgan fingerprint density at radius 1 is 1.61 bits per heavy atom. The van der Waals surface area contributed by atoms with E-state index in [9.17, 15) is 4.79 Å². The van der Waals surface area contributed by atoms with E-state index in [-0.39, 0.29) is 23.7 Å². The second-order valence-corrected chi connectivity index (χ2v) is 8.48. The third kappa shape index (κ3) is 3.28. The molecule has 1 saturated heterocycles. The van der Waals surface area contributed by atoms with Gasteiger partial charge in [-0.3, -0.25) is 4.79 Å². The quantitative estimate of drug-likeness (QED) is 0.799. The Hall–Kier alpha value is 0.380. The largest absolute Gasteiger partial charge is 0.338 e. The summed E-state index contributed by atoms with van der Waals surface area (Å²) >= 11 is 8.34. The van der Waals surface area contributed by atoms with E-state index in [0.717, 1.165) is 32.6 Å². The first-order valence-electron chi connectivity index (χ1n) is 5.39. The number of hydrogen-bond acceptors (Lipinski definition) is 3. The van der Waals surface area contributed by atoms with Gasteiger partial charge in [-0.05, 0) is 56.3 Å². The van der Waals surface area contributed by atoms with E-state index in [1.165, 1.54) is 11.3 Å². The molecule has 0 aliphatic carbocycles. The van der Waals surface area contributed by atoms with Crippen molar-refractivity contribution in [3.8, 4) is 0 Å². The molecule has 1 fully saturated rings. The summed E-state index contributed by atoms with van der Waals surface area (Å²) in [5.41, 5.74) is 6.57. The topological polar surface area (TPSA) is 46.3 Å². The third-order valence-electron chi connectivity index (χ3n) is 3.22. The molecular weight excluding hydrogens is 403 g/mol. The average Bonchev–Trinajstić information content (AvgIpc) is 2.82. The molecular formula is C11H15Br2ClN2OS. The average molecular weight is 419 g/mol. The molecule has 3 nitrogen and oxygen atoms in total. The number of nitrogens with two attached hydrogens (primary N) is 1. The summed E-state index contributed by atoms with van der Waals surface area (Å²) in [5, 5.41) is 0. The zero-order valence-corrected chi connectivity index (χ0v) is 14.7. The molecule has 0 spiro atoms. The van der Waals surface area contributed by atoms with Gasteiger partial charge < -0.3 is 10.6 Å². The van der Waals surface area contributed by atoms with Gasteiger partial charge in [-0.1, -0.05) is 6.92 Å². The third-order valence-corrected chi connectivity index (χ3v) is 5.56. The maximum absolute atomic E-state index is 12.3.